The van der Waals surface area contributed by atoms with E-state index in [0.717, 1.165) is 28.0 Å². The minimum absolute atomic E-state index is 0.0292. The summed E-state index contributed by atoms with van der Waals surface area (Å²) in [5.41, 5.74) is 1.49. The summed E-state index contributed by atoms with van der Waals surface area (Å²) in [5.74, 6) is -0.628. The van der Waals surface area contributed by atoms with Crippen LogP contribution in [0.4, 0.5) is 5.69 Å². The molecule has 0 amide bonds. The summed E-state index contributed by atoms with van der Waals surface area (Å²) >= 11 is 1.12. The topological polar surface area (TPSA) is 72.5 Å². The van der Waals surface area contributed by atoms with E-state index in [1.54, 1.807) is 43.3 Å². The summed E-state index contributed by atoms with van der Waals surface area (Å²) in [5, 5.41) is 0.514. The average Bonchev–Trinajstić information content (AvgIpc) is 3.02. The number of carbonyl (C=O) groups excluding carboxylic acids is 1. The Kier molecular flexibility index (Phi) is 5.29. The van der Waals surface area contributed by atoms with Gasteiger partial charge in [0.15, 0.2) is 0 Å². The van der Waals surface area contributed by atoms with Crippen LogP contribution in [0.25, 0.3) is 10.1 Å². The predicted octanol–water partition coefficient (Wildman–Crippen LogP) is 4.44. The van der Waals surface area contributed by atoms with Gasteiger partial charge in [-0.3, -0.25) is 4.72 Å². The molecule has 0 atom stereocenters. The molecule has 0 spiro atoms. The minimum Gasteiger partial charge on any atom is -0.462 e. The lowest BCUT2D eigenvalue weighted by molar-refractivity contribution is 0.0528. The van der Waals surface area contributed by atoms with Crippen LogP contribution in [-0.4, -0.2) is 21.0 Å². The van der Waals surface area contributed by atoms with Crippen LogP contribution in [0.2, 0.25) is 0 Å². The van der Waals surface area contributed by atoms with Gasteiger partial charge in [-0.2, -0.15) is 0 Å². The van der Waals surface area contributed by atoms with Gasteiger partial charge in [0.25, 0.3) is 10.0 Å². The van der Waals surface area contributed by atoms with E-state index in [4.69, 9.17) is 4.74 Å². The molecule has 5 nitrogen and oxygen atoms in total. The van der Waals surface area contributed by atoms with Crippen LogP contribution in [0.3, 0.4) is 0 Å². The summed E-state index contributed by atoms with van der Waals surface area (Å²) in [7, 11) is -3.96. The number of sulfonamides is 1. The van der Waals surface area contributed by atoms with Crippen LogP contribution in [-0.2, 0) is 21.2 Å². The first-order valence-electron chi connectivity index (χ1n) is 8.26. The van der Waals surface area contributed by atoms with E-state index in [0.29, 0.717) is 11.1 Å². The van der Waals surface area contributed by atoms with Crippen molar-refractivity contribution in [2.45, 2.75) is 25.2 Å². The zero-order chi connectivity index (χ0) is 18.7. The van der Waals surface area contributed by atoms with Crippen molar-refractivity contribution in [2.75, 3.05) is 11.3 Å². The number of benzene rings is 2. The number of anilines is 1. The second-order valence-electron chi connectivity index (χ2n) is 5.64. The highest BCUT2D eigenvalue weighted by atomic mass is 32.2. The van der Waals surface area contributed by atoms with Gasteiger partial charge in [0.1, 0.15) is 9.77 Å². The van der Waals surface area contributed by atoms with E-state index in [2.05, 4.69) is 4.72 Å². The standard InChI is InChI=1S/C19H19NO4S2/c1-3-13-8-7-9-14(12-13)20-26(22,23)18-15-10-5-6-11-16(15)25-17(18)19(21)24-4-2/h5-12,20H,3-4H2,1-2H3. The largest absolute Gasteiger partial charge is 0.462 e. The summed E-state index contributed by atoms with van der Waals surface area (Å²) in [6.45, 7) is 3.87. The molecule has 3 aromatic rings. The molecule has 0 unspecified atom stereocenters. The van der Waals surface area contributed by atoms with Gasteiger partial charge in [-0.15, -0.1) is 11.3 Å². The van der Waals surface area contributed by atoms with Crippen molar-refractivity contribution < 1.29 is 17.9 Å². The number of thiophene rings is 1. The molecule has 0 fully saturated rings. The maximum atomic E-state index is 13.1. The van der Waals surface area contributed by atoms with E-state index >= 15 is 0 Å². The Labute approximate surface area is 156 Å². The fourth-order valence-electron chi connectivity index (χ4n) is 2.68. The highest BCUT2D eigenvalue weighted by Crippen LogP contribution is 2.36. The van der Waals surface area contributed by atoms with E-state index in [1.165, 1.54) is 0 Å². The van der Waals surface area contributed by atoms with Gasteiger partial charge in [-0.05, 0) is 37.1 Å². The maximum Gasteiger partial charge on any atom is 0.349 e. The third-order valence-corrected chi connectivity index (χ3v) is 6.61. The Morgan fingerprint density at radius 1 is 1.12 bits per heavy atom. The summed E-state index contributed by atoms with van der Waals surface area (Å²) < 4.78 is 34.6. The van der Waals surface area contributed by atoms with Crippen LogP contribution >= 0.6 is 11.3 Å². The van der Waals surface area contributed by atoms with Gasteiger partial charge in [-0.25, -0.2) is 13.2 Å². The van der Waals surface area contributed by atoms with Crippen molar-refractivity contribution in [3.05, 3.63) is 59.0 Å². The van der Waals surface area contributed by atoms with Gasteiger partial charge < -0.3 is 4.74 Å². The first-order valence-corrected chi connectivity index (χ1v) is 10.6. The minimum atomic E-state index is -3.96. The van der Waals surface area contributed by atoms with Crippen molar-refractivity contribution in [3.63, 3.8) is 0 Å². The molecule has 0 radical (unpaired) electrons. The Bertz CT molecular complexity index is 1050. The molecule has 7 heteroatoms. The molecule has 1 aromatic heterocycles. The first kappa shape index (κ1) is 18.4. The van der Waals surface area contributed by atoms with Crippen molar-refractivity contribution in [1.29, 1.82) is 0 Å². The van der Waals surface area contributed by atoms with Gasteiger partial charge in [-0.1, -0.05) is 37.3 Å². The van der Waals surface area contributed by atoms with Crippen LogP contribution in [0, 0.1) is 0 Å². The Balaban J connectivity index is 2.12. The number of hydrogen-bond acceptors (Lipinski definition) is 5. The molecule has 0 saturated heterocycles. The van der Waals surface area contributed by atoms with Crippen LogP contribution < -0.4 is 4.72 Å². The molecule has 26 heavy (non-hydrogen) atoms. The number of ether oxygens (including phenoxy) is 1. The van der Waals surface area contributed by atoms with Crippen LogP contribution in [0.15, 0.2) is 53.4 Å². The first-order chi connectivity index (χ1) is 12.5. The second kappa shape index (κ2) is 7.47. The lowest BCUT2D eigenvalue weighted by atomic mass is 10.1. The van der Waals surface area contributed by atoms with Gasteiger partial charge in [0.2, 0.25) is 0 Å². The third kappa shape index (κ3) is 3.59. The number of aryl methyl sites for hydroxylation is 1. The fraction of sp³-hybridized carbons (Fsp3) is 0.211. The average molecular weight is 389 g/mol. The van der Waals surface area contributed by atoms with E-state index in [1.807, 2.05) is 19.1 Å². The lowest BCUT2D eigenvalue weighted by Gasteiger charge is -2.10. The van der Waals surface area contributed by atoms with E-state index < -0.39 is 16.0 Å². The number of rotatable bonds is 6. The number of nitrogens with one attached hydrogen (secondary N) is 1. The molecule has 0 bridgehead atoms. The predicted molar refractivity (Wildman–Crippen MR) is 104 cm³/mol. The van der Waals surface area contributed by atoms with Gasteiger partial charge in [0, 0.05) is 15.8 Å². The SMILES string of the molecule is CCOC(=O)c1sc2ccccc2c1S(=O)(=O)Nc1cccc(CC)c1. The normalized spacial score (nSPS) is 11.5. The van der Waals surface area contributed by atoms with Crippen LogP contribution in [0.1, 0.15) is 29.1 Å². The molecule has 0 aliphatic rings. The molecular formula is C19H19NO4S2. The zero-order valence-corrected chi connectivity index (χ0v) is 16.1. The monoisotopic (exact) mass is 389 g/mol. The number of fused-ring (bicyclic) bond motifs is 1. The Morgan fingerprint density at radius 3 is 2.62 bits per heavy atom. The van der Waals surface area contributed by atoms with Crippen molar-refractivity contribution in [1.82, 2.24) is 0 Å². The third-order valence-electron chi connectivity index (χ3n) is 3.87. The molecule has 0 saturated carbocycles. The Hall–Kier alpha value is -2.38. The quantitative estimate of drug-likeness (QED) is 0.633. The maximum absolute atomic E-state index is 13.1. The van der Waals surface area contributed by atoms with Gasteiger partial charge in [0.05, 0.1) is 6.61 Å². The Morgan fingerprint density at radius 2 is 1.88 bits per heavy atom. The molecule has 0 aliphatic heterocycles. The van der Waals surface area contributed by atoms with Crippen molar-refractivity contribution in [3.8, 4) is 0 Å². The van der Waals surface area contributed by atoms with E-state index in [9.17, 15) is 13.2 Å². The van der Waals surface area contributed by atoms with Gasteiger partial charge >= 0.3 is 5.97 Å². The molecule has 0 aliphatic carbocycles. The summed E-state index contributed by atoms with van der Waals surface area (Å²) in [6.07, 6.45) is 0.797. The highest BCUT2D eigenvalue weighted by Gasteiger charge is 2.29. The molecule has 2 aromatic carbocycles. The second-order valence-corrected chi connectivity index (χ2v) is 8.31. The highest BCUT2D eigenvalue weighted by molar-refractivity contribution is 7.93. The van der Waals surface area contributed by atoms with Crippen molar-refractivity contribution in [2.24, 2.45) is 0 Å². The number of carbonyl (C=O) groups is 1. The van der Waals surface area contributed by atoms with Crippen LogP contribution in [0.5, 0.6) is 0 Å². The van der Waals surface area contributed by atoms with E-state index in [-0.39, 0.29) is 16.4 Å². The number of esters is 1. The lowest BCUT2D eigenvalue weighted by Crippen LogP contribution is -2.16. The number of hydrogen-bond donors (Lipinski definition) is 1. The summed E-state index contributed by atoms with van der Waals surface area (Å²) in [6, 6.07) is 14.3. The zero-order valence-electron chi connectivity index (χ0n) is 14.5. The van der Waals surface area contributed by atoms with Crippen molar-refractivity contribution >= 4 is 43.1 Å². The fourth-order valence-corrected chi connectivity index (χ4v) is 5.53. The molecule has 3 rings (SSSR count). The molecule has 136 valence electrons. The molecule has 1 N–H and O–H groups in total. The smallest absolute Gasteiger partial charge is 0.349 e. The molecular weight excluding hydrogens is 370 g/mol. The summed E-state index contributed by atoms with van der Waals surface area (Å²) in [4.78, 5) is 12.4. The molecule has 1 heterocycles.